The lowest BCUT2D eigenvalue weighted by molar-refractivity contribution is -0.144. The number of carboxylic acid groups (broad SMARTS) is 1. The summed E-state index contributed by atoms with van der Waals surface area (Å²) in [6.07, 6.45) is -0.518. The third-order valence-electron chi connectivity index (χ3n) is 6.42. The molecule has 1 fully saturated rings. The van der Waals surface area contributed by atoms with Crippen LogP contribution in [0.15, 0.2) is 9.59 Å². The van der Waals surface area contributed by atoms with E-state index in [0.717, 1.165) is 0 Å². The molecule has 0 saturated carbocycles. The van der Waals surface area contributed by atoms with Gasteiger partial charge in [0.15, 0.2) is 5.75 Å². The second-order valence-electron chi connectivity index (χ2n) is 12.2. The molecule has 1 saturated heterocycles. The quantitative estimate of drug-likeness (QED) is 0.326. The van der Waals surface area contributed by atoms with Gasteiger partial charge in [0, 0.05) is 45.3 Å². The van der Waals surface area contributed by atoms with Crippen LogP contribution in [0.25, 0.3) is 0 Å². The lowest BCUT2D eigenvalue weighted by atomic mass is 10.1. The minimum absolute atomic E-state index is 0.00499. The first-order valence-electron chi connectivity index (χ1n) is 14.1. The molecule has 1 aliphatic rings. The predicted octanol–water partition coefficient (Wildman–Crippen LogP) is 2.50. The number of amides is 2. The van der Waals surface area contributed by atoms with Gasteiger partial charge in [0.05, 0.1) is 6.61 Å². The van der Waals surface area contributed by atoms with Gasteiger partial charge in [-0.2, -0.15) is 0 Å². The Morgan fingerprint density at radius 2 is 1.46 bits per heavy atom. The Labute approximate surface area is 241 Å². The highest BCUT2D eigenvalue weighted by molar-refractivity contribution is 5.74. The number of carbonyl (C=O) groups is 3. The van der Waals surface area contributed by atoms with Crippen molar-refractivity contribution in [3.05, 3.63) is 20.4 Å². The van der Waals surface area contributed by atoms with E-state index in [-0.39, 0.29) is 69.8 Å². The SMILES string of the molecule is CCOc1c(NCCCC(C(=O)O)N2CCN(C(=O)OC(C)(C)C)CCN(C(=O)OC(C)(C)C)CC2C)c(=O)c1=O. The summed E-state index contributed by atoms with van der Waals surface area (Å²) in [5.74, 6) is -1.04. The van der Waals surface area contributed by atoms with E-state index in [0.29, 0.717) is 6.42 Å². The van der Waals surface area contributed by atoms with Crippen LogP contribution in [0.1, 0.15) is 68.2 Å². The van der Waals surface area contributed by atoms with Gasteiger partial charge in [-0.1, -0.05) is 0 Å². The van der Waals surface area contributed by atoms with Crippen LogP contribution in [-0.4, -0.2) is 107 Å². The average Bonchev–Trinajstić information content (AvgIpc) is 2.92. The molecule has 2 atom stereocenters. The van der Waals surface area contributed by atoms with Crippen molar-refractivity contribution >= 4 is 23.8 Å². The summed E-state index contributed by atoms with van der Waals surface area (Å²) in [4.78, 5) is 66.8. The van der Waals surface area contributed by atoms with Crippen LogP contribution in [0.4, 0.5) is 15.3 Å². The molecule has 0 radical (unpaired) electrons. The molecule has 2 N–H and O–H groups in total. The van der Waals surface area contributed by atoms with Gasteiger partial charge in [0.2, 0.25) is 0 Å². The maximum absolute atomic E-state index is 13.0. The highest BCUT2D eigenvalue weighted by atomic mass is 16.6. The molecule has 1 aromatic rings. The number of aliphatic carboxylic acids is 1. The summed E-state index contributed by atoms with van der Waals surface area (Å²) in [5.41, 5.74) is -2.67. The summed E-state index contributed by atoms with van der Waals surface area (Å²) in [6, 6.07) is -1.32. The minimum Gasteiger partial charge on any atom is -0.488 e. The molecule has 1 aliphatic heterocycles. The molecule has 0 bridgehead atoms. The van der Waals surface area contributed by atoms with Gasteiger partial charge in [0.25, 0.3) is 10.9 Å². The van der Waals surface area contributed by atoms with Crippen LogP contribution >= 0.6 is 0 Å². The number of hydrogen-bond donors (Lipinski definition) is 2. The minimum atomic E-state index is -1.05. The first-order valence-corrected chi connectivity index (χ1v) is 14.1. The molecule has 232 valence electrons. The fraction of sp³-hybridized carbons (Fsp3) is 0.750. The second-order valence-corrected chi connectivity index (χ2v) is 12.2. The van der Waals surface area contributed by atoms with Gasteiger partial charge in [-0.15, -0.1) is 0 Å². The molecule has 2 amide bonds. The van der Waals surface area contributed by atoms with Crippen molar-refractivity contribution < 1.29 is 33.7 Å². The van der Waals surface area contributed by atoms with Crippen molar-refractivity contribution in [2.24, 2.45) is 0 Å². The van der Waals surface area contributed by atoms with Gasteiger partial charge in [-0.3, -0.25) is 19.3 Å². The highest BCUT2D eigenvalue weighted by Crippen LogP contribution is 2.20. The first kappa shape index (κ1) is 33.9. The van der Waals surface area contributed by atoms with Crippen molar-refractivity contribution in [1.29, 1.82) is 0 Å². The lowest BCUT2D eigenvalue weighted by Crippen LogP contribution is -2.52. The Balaban J connectivity index is 2.22. The zero-order valence-electron chi connectivity index (χ0n) is 25.6. The Morgan fingerprint density at radius 3 is 2.00 bits per heavy atom. The first-order chi connectivity index (χ1) is 18.9. The standard InChI is InChI=1S/C28H46N4O9/c1-9-39-23-20(21(33)22(23)34)29-12-10-11-19(24(35)36)32-16-15-30(25(37)40-27(3,4)5)13-14-31(17-18(32)2)26(38)41-28(6,7)8/h18-19,29H,9-17H2,1-8H3,(H,35,36). The van der Waals surface area contributed by atoms with Crippen LogP contribution in [0, 0.1) is 0 Å². The van der Waals surface area contributed by atoms with Crippen molar-refractivity contribution in [1.82, 2.24) is 14.7 Å². The number of hydrogen-bond acceptors (Lipinski definition) is 10. The Kier molecular flexibility index (Phi) is 11.6. The van der Waals surface area contributed by atoms with Crippen LogP contribution < -0.4 is 20.9 Å². The fourth-order valence-electron chi connectivity index (χ4n) is 4.54. The van der Waals surface area contributed by atoms with Gasteiger partial charge in [-0.25, -0.2) is 9.59 Å². The van der Waals surface area contributed by atoms with Crippen molar-refractivity contribution in [2.45, 2.75) is 91.5 Å². The van der Waals surface area contributed by atoms with Crippen LogP contribution in [-0.2, 0) is 14.3 Å². The molecule has 13 heteroatoms. The number of nitrogens with zero attached hydrogens (tertiary/aromatic N) is 3. The second kappa shape index (κ2) is 14.0. The topological polar surface area (TPSA) is 155 Å². The molecular formula is C28H46N4O9. The zero-order valence-corrected chi connectivity index (χ0v) is 25.6. The average molecular weight is 583 g/mol. The summed E-state index contributed by atoms with van der Waals surface area (Å²) in [5, 5.41) is 13.1. The van der Waals surface area contributed by atoms with Gasteiger partial charge >= 0.3 is 18.2 Å². The molecule has 41 heavy (non-hydrogen) atoms. The zero-order chi connectivity index (χ0) is 31.1. The van der Waals surface area contributed by atoms with Gasteiger partial charge in [-0.05, 0) is 68.2 Å². The summed E-state index contributed by atoms with van der Waals surface area (Å²) in [7, 11) is 0. The van der Waals surface area contributed by atoms with Crippen LogP contribution in [0.5, 0.6) is 5.75 Å². The summed E-state index contributed by atoms with van der Waals surface area (Å²) >= 11 is 0. The van der Waals surface area contributed by atoms with Crippen molar-refractivity contribution in [3.8, 4) is 5.75 Å². The number of ether oxygens (including phenoxy) is 3. The molecule has 13 nitrogen and oxygen atoms in total. The van der Waals surface area contributed by atoms with E-state index >= 15 is 0 Å². The van der Waals surface area contributed by atoms with Crippen molar-refractivity contribution in [2.75, 3.05) is 51.2 Å². The summed E-state index contributed by atoms with van der Waals surface area (Å²) in [6.45, 7) is 15.6. The molecule has 2 rings (SSSR count). The Bertz CT molecular complexity index is 1130. The molecule has 1 heterocycles. The molecule has 2 unspecified atom stereocenters. The summed E-state index contributed by atoms with van der Waals surface area (Å²) < 4.78 is 16.4. The van der Waals surface area contributed by atoms with E-state index in [1.165, 1.54) is 9.80 Å². The van der Waals surface area contributed by atoms with Gasteiger partial charge < -0.3 is 34.4 Å². The van der Waals surface area contributed by atoms with Crippen LogP contribution in [0.3, 0.4) is 0 Å². The maximum Gasteiger partial charge on any atom is 0.410 e. The van der Waals surface area contributed by atoms with E-state index in [2.05, 4.69) is 5.32 Å². The third kappa shape index (κ3) is 9.91. The predicted molar refractivity (Wildman–Crippen MR) is 153 cm³/mol. The Hall–Kier alpha value is -3.35. The molecule has 0 spiro atoms. The Morgan fingerprint density at radius 1 is 0.927 bits per heavy atom. The molecule has 0 aromatic heterocycles. The number of nitrogens with one attached hydrogen (secondary N) is 1. The number of rotatable bonds is 9. The number of anilines is 1. The maximum atomic E-state index is 13.0. The van der Waals surface area contributed by atoms with E-state index in [1.807, 2.05) is 6.92 Å². The molecule has 0 aliphatic carbocycles. The van der Waals surface area contributed by atoms with E-state index in [9.17, 15) is 29.1 Å². The molecule has 1 aromatic carbocycles. The van der Waals surface area contributed by atoms with Crippen LogP contribution in [0.2, 0.25) is 0 Å². The normalized spacial score (nSPS) is 18.2. The van der Waals surface area contributed by atoms with E-state index in [1.54, 1.807) is 53.4 Å². The lowest BCUT2D eigenvalue weighted by Gasteiger charge is -2.36. The van der Waals surface area contributed by atoms with E-state index < -0.39 is 46.3 Å². The van der Waals surface area contributed by atoms with Crippen molar-refractivity contribution in [3.63, 3.8) is 0 Å². The molecular weight excluding hydrogens is 536 g/mol. The highest BCUT2D eigenvalue weighted by Gasteiger charge is 2.35. The van der Waals surface area contributed by atoms with Gasteiger partial charge in [0.1, 0.15) is 22.9 Å². The number of carboxylic acids is 1. The monoisotopic (exact) mass is 582 g/mol. The number of carbonyl (C=O) groups excluding carboxylic acids is 2. The fourth-order valence-corrected chi connectivity index (χ4v) is 4.54. The third-order valence-corrected chi connectivity index (χ3v) is 6.42. The smallest absolute Gasteiger partial charge is 0.410 e. The van der Waals surface area contributed by atoms with E-state index in [4.69, 9.17) is 14.2 Å². The largest absolute Gasteiger partial charge is 0.488 e.